The van der Waals surface area contributed by atoms with Crippen LogP contribution in [-0.2, 0) is 21.1 Å². The minimum Gasteiger partial charge on any atom is -0.656 e. The molecule has 0 atom stereocenters. The molecule has 0 bridgehead atoms. The molecule has 0 aliphatic rings. The van der Waals surface area contributed by atoms with Crippen LogP contribution in [0.5, 0.6) is 0 Å². The monoisotopic (exact) mass is 892 g/mol. The fourth-order valence-corrected chi connectivity index (χ4v) is 8.24. The van der Waals surface area contributed by atoms with E-state index in [0.29, 0.717) is 11.8 Å². The van der Waals surface area contributed by atoms with Crippen molar-refractivity contribution in [2.45, 2.75) is 46.5 Å². The van der Waals surface area contributed by atoms with E-state index in [0.717, 1.165) is 72.4 Å². The third-order valence-corrected chi connectivity index (χ3v) is 10.9. The summed E-state index contributed by atoms with van der Waals surface area (Å²) < 4.78 is 4.61. The molecule has 0 fully saturated rings. The molecule has 270 valence electrons. The number of hydrogen-bond acceptors (Lipinski definition) is 2. The van der Waals surface area contributed by atoms with Gasteiger partial charge in [-0.15, -0.1) is 34.8 Å². The summed E-state index contributed by atoms with van der Waals surface area (Å²) in [5.41, 5.74) is 14.0. The Morgan fingerprint density at radius 1 is 0.655 bits per heavy atom. The van der Waals surface area contributed by atoms with Crippen molar-refractivity contribution in [2.24, 2.45) is 0 Å². The van der Waals surface area contributed by atoms with Crippen molar-refractivity contribution in [2.75, 3.05) is 0 Å². The van der Waals surface area contributed by atoms with Gasteiger partial charge in [0.2, 0.25) is 0 Å². The van der Waals surface area contributed by atoms with Crippen molar-refractivity contribution in [3.05, 3.63) is 156 Å². The Bertz CT molecular complexity index is 3070. The average molecular weight is 893 g/mol. The third kappa shape index (κ3) is 5.55. The Morgan fingerprint density at radius 2 is 1.42 bits per heavy atom. The van der Waals surface area contributed by atoms with Crippen LogP contribution in [0.15, 0.2) is 134 Å². The first-order chi connectivity index (χ1) is 26.4. The van der Waals surface area contributed by atoms with Crippen molar-refractivity contribution in [3.8, 4) is 34.0 Å². The maximum Gasteiger partial charge on any atom is 2.00 e. The van der Waals surface area contributed by atoms with E-state index in [1.807, 2.05) is 12.3 Å². The van der Waals surface area contributed by atoms with Crippen LogP contribution in [0, 0.1) is 13.0 Å². The van der Waals surface area contributed by atoms with E-state index in [4.69, 9.17) is 15.0 Å². The van der Waals surface area contributed by atoms with Gasteiger partial charge in [-0.25, -0.2) is 9.97 Å². The van der Waals surface area contributed by atoms with Gasteiger partial charge in [-0.3, -0.25) is 4.57 Å². The van der Waals surface area contributed by atoms with Gasteiger partial charge in [0, 0.05) is 23.0 Å². The topological polar surface area (TPSA) is 49.7 Å². The number of fused-ring (bicyclic) bond motifs is 7. The largest absolute Gasteiger partial charge is 2.00 e. The molecule has 6 heteroatoms. The Kier molecular flexibility index (Phi) is 8.59. The number of imidazole rings is 1. The summed E-state index contributed by atoms with van der Waals surface area (Å²) >= 11 is 0. The van der Waals surface area contributed by atoms with Crippen LogP contribution in [0.1, 0.15) is 56.2 Å². The number of pyridine rings is 1. The van der Waals surface area contributed by atoms with Gasteiger partial charge >= 0.3 is 21.1 Å². The van der Waals surface area contributed by atoms with Gasteiger partial charge in [0.05, 0.1) is 11.0 Å². The Hall–Kier alpha value is -5.77. The molecule has 10 rings (SSSR count). The van der Waals surface area contributed by atoms with Crippen LogP contribution in [0.4, 0.5) is 0 Å². The van der Waals surface area contributed by atoms with Gasteiger partial charge in [0.15, 0.2) is 0 Å². The van der Waals surface area contributed by atoms with E-state index >= 15 is 0 Å². The summed E-state index contributed by atoms with van der Waals surface area (Å²) in [7, 11) is 0. The first kappa shape index (κ1) is 35.0. The molecule has 0 radical (unpaired) electrons. The van der Waals surface area contributed by atoms with Crippen LogP contribution >= 0.6 is 0 Å². The predicted molar refractivity (Wildman–Crippen MR) is 224 cm³/mol. The fraction of sp³-hybridized carbons (Fsp3) is 0.143. The molecule has 0 saturated carbocycles. The van der Waals surface area contributed by atoms with Crippen LogP contribution in [-0.4, -0.2) is 19.1 Å². The minimum atomic E-state index is 0. The fourth-order valence-electron chi connectivity index (χ4n) is 8.24. The molecule has 0 aliphatic heterocycles. The van der Waals surface area contributed by atoms with Crippen LogP contribution in [0.25, 0.3) is 88.7 Å². The summed E-state index contributed by atoms with van der Waals surface area (Å²) in [6.45, 7) is 11.3. The second kappa shape index (κ2) is 13.5. The van der Waals surface area contributed by atoms with E-state index in [2.05, 4.69) is 171 Å². The summed E-state index contributed by atoms with van der Waals surface area (Å²) in [4.78, 5) is 15.6. The van der Waals surface area contributed by atoms with Gasteiger partial charge in [-0.05, 0) is 87.5 Å². The Balaban J connectivity index is 0.00000397. The van der Waals surface area contributed by atoms with Crippen molar-refractivity contribution < 1.29 is 21.1 Å². The molecule has 0 saturated heterocycles. The molecular formula is C49H39N5Pt. The summed E-state index contributed by atoms with van der Waals surface area (Å²) in [5, 5.41) is 4.69. The quantitative estimate of drug-likeness (QED) is 0.156. The van der Waals surface area contributed by atoms with Crippen molar-refractivity contribution >= 4 is 54.6 Å². The minimum absolute atomic E-state index is 0. The molecular weight excluding hydrogens is 854 g/mol. The molecule has 4 aromatic heterocycles. The normalized spacial score (nSPS) is 11.9. The third-order valence-electron chi connectivity index (χ3n) is 10.9. The number of rotatable bonds is 6. The molecule has 0 aliphatic carbocycles. The SMILES string of the molecule is Cc1ccnc(-n2c3[c-]c(-c4cccc5c4nc(-c4cccc6c4[n-]c4ccccc46)n5-c4ccccc4)ccc3c3cc(C(C)C)cc(C(C)C)c32)c1.[Pt+2]. The number of nitrogens with zero attached hydrogens (tertiary/aromatic N) is 5. The standard InChI is InChI=1S/C49H39N5.Pt/c1-29(2)33-26-40(30(3)4)48-41(27-33)37-22-21-32(28-44(37)54(48)45-25-31(5)23-24-50-45)35-16-12-20-43-47(35)52-49(53(43)34-13-7-6-8-14-34)39-18-11-17-38-36-15-9-10-19-42(36)51-46(38)39;/h6-27,29-30H,1-5H3;/q-2;+2. The van der Waals surface area contributed by atoms with Gasteiger partial charge in [0.25, 0.3) is 0 Å². The van der Waals surface area contributed by atoms with Gasteiger partial charge in [-0.1, -0.05) is 124 Å². The summed E-state index contributed by atoms with van der Waals surface area (Å²) in [6, 6.07) is 49.3. The Labute approximate surface area is 334 Å². The number of hydrogen-bond donors (Lipinski definition) is 0. The molecule has 5 nitrogen and oxygen atoms in total. The smallest absolute Gasteiger partial charge is 0.656 e. The predicted octanol–water partition coefficient (Wildman–Crippen LogP) is 12.5. The summed E-state index contributed by atoms with van der Waals surface area (Å²) in [6.07, 6.45) is 1.91. The molecule has 0 N–H and O–H groups in total. The molecule has 6 aromatic carbocycles. The second-order valence-electron chi connectivity index (χ2n) is 15.1. The number of para-hydroxylation sites is 4. The zero-order valence-electron chi connectivity index (χ0n) is 31.4. The molecule has 0 spiro atoms. The Morgan fingerprint density at radius 3 is 2.22 bits per heavy atom. The number of benzene rings is 6. The molecule has 4 heterocycles. The second-order valence-corrected chi connectivity index (χ2v) is 15.1. The first-order valence-electron chi connectivity index (χ1n) is 18.8. The van der Waals surface area contributed by atoms with Crippen molar-refractivity contribution in [1.82, 2.24) is 24.1 Å². The maximum absolute atomic E-state index is 5.52. The molecule has 55 heavy (non-hydrogen) atoms. The zero-order valence-corrected chi connectivity index (χ0v) is 33.7. The number of aryl methyl sites for hydroxylation is 1. The van der Waals surface area contributed by atoms with Crippen molar-refractivity contribution in [3.63, 3.8) is 0 Å². The maximum atomic E-state index is 5.52. The number of aromatic nitrogens is 5. The summed E-state index contributed by atoms with van der Waals surface area (Å²) in [5.74, 6) is 2.50. The van der Waals surface area contributed by atoms with Gasteiger partial charge in [0.1, 0.15) is 11.6 Å². The van der Waals surface area contributed by atoms with Crippen molar-refractivity contribution in [1.29, 1.82) is 0 Å². The van der Waals surface area contributed by atoms with Gasteiger partial charge in [-0.2, -0.15) is 0 Å². The first-order valence-corrected chi connectivity index (χ1v) is 18.8. The van der Waals surface area contributed by atoms with E-state index < -0.39 is 0 Å². The van der Waals surface area contributed by atoms with E-state index in [-0.39, 0.29) is 21.1 Å². The van der Waals surface area contributed by atoms with Crippen LogP contribution in [0.3, 0.4) is 0 Å². The molecule has 0 unspecified atom stereocenters. The average Bonchev–Trinajstić information content (AvgIpc) is 3.87. The zero-order chi connectivity index (χ0) is 36.7. The van der Waals surface area contributed by atoms with E-state index in [1.54, 1.807) is 0 Å². The molecule has 10 aromatic rings. The van der Waals surface area contributed by atoms with E-state index in [9.17, 15) is 0 Å². The molecule has 0 amide bonds. The van der Waals surface area contributed by atoms with Crippen LogP contribution < -0.4 is 4.98 Å². The van der Waals surface area contributed by atoms with E-state index in [1.165, 1.54) is 33.0 Å². The van der Waals surface area contributed by atoms with Crippen LogP contribution in [0.2, 0.25) is 0 Å². The van der Waals surface area contributed by atoms with Gasteiger partial charge < -0.3 is 9.55 Å².